The van der Waals surface area contributed by atoms with Crippen LogP contribution in [0.1, 0.15) is 11.1 Å². The van der Waals surface area contributed by atoms with Crippen molar-refractivity contribution < 1.29 is 18.3 Å². The van der Waals surface area contributed by atoms with E-state index in [9.17, 15) is 13.2 Å². The number of hydrogen-bond acceptors (Lipinski definition) is 1. The standard InChI is InChI=1S/C15H12ClF3O/c16-14-6-3-11(9-12(14)7-8-20)10-1-4-13(5-2-10)15(17,18)19/h1-6,9,20H,7-8H2. The second-order valence-corrected chi connectivity index (χ2v) is 4.76. The van der Waals surface area contributed by atoms with Gasteiger partial charge in [-0.1, -0.05) is 29.8 Å². The lowest BCUT2D eigenvalue weighted by Crippen LogP contribution is -2.04. The molecule has 2 rings (SSSR count). The number of benzene rings is 2. The molecule has 0 fully saturated rings. The van der Waals surface area contributed by atoms with Gasteiger partial charge in [0.2, 0.25) is 0 Å². The number of alkyl halides is 3. The molecule has 0 bridgehead atoms. The summed E-state index contributed by atoms with van der Waals surface area (Å²) < 4.78 is 37.5. The molecular formula is C15H12ClF3O. The summed E-state index contributed by atoms with van der Waals surface area (Å²) in [5.74, 6) is 0. The van der Waals surface area contributed by atoms with Gasteiger partial charge < -0.3 is 5.11 Å². The van der Waals surface area contributed by atoms with E-state index in [1.54, 1.807) is 18.2 Å². The van der Waals surface area contributed by atoms with Gasteiger partial charge in [0, 0.05) is 11.6 Å². The molecule has 5 heteroatoms. The molecule has 0 aliphatic rings. The Morgan fingerprint density at radius 1 is 0.950 bits per heavy atom. The maximum Gasteiger partial charge on any atom is 0.416 e. The first-order chi connectivity index (χ1) is 9.41. The zero-order chi connectivity index (χ0) is 14.8. The first-order valence-corrected chi connectivity index (χ1v) is 6.36. The van der Waals surface area contributed by atoms with Gasteiger partial charge in [-0.15, -0.1) is 0 Å². The summed E-state index contributed by atoms with van der Waals surface area (Å²) >= 11 is 5.99. The van der Waals surface area contributed by atoms with Crippen molar-refractivity contribution in [1.29, 1.82) is 0 Å². The summed E-state index contributed by atoms with van der Waals surface area (Å²) in [6, 6.07) is 10.2. The van der Waals surface area contributed by atoms with Crippen LogP contribution < -0.4 is 0 Å². The Balaban J connectivity index is 2.34. The molecular weight excluding hydrogens is 289 g/mol. The predicted octanol–water partition coefficient (Wildman–Crippen LogP) is 4.56. The van der Waals surface area contributed by atoms with Crippen LogP contribution in [-0.4, -0.2) is 11.7 Å². The summed E-state index contributed by atoms with van der Waals surface area (Å²) in [4.78, 5) is 0. The summed E-state index contributed by atoms with van der Waals surface area (Å²) in [6.07, 6.45) is -3.92. The van der Waals surface area contributed by atoms with Crippen molar-refractivity contribution in [1.82, 2.24) is 0 Å². The van der Waals surface area contributed by atoms with Crippen LogP contribution in [0.4, 0.5) is 13.2 Å². The van der Waals surface area contributed by atoms with Crippen molar-refractivity contribution in [3.05, 3.63) is 58.6 Å². The molecule has 1 nitrogen and oxygen atoms in total. The van der Waals surface area contributed by atoms with Gasteiger partial charge in [-0.25, -0.2) is 0 Å². The SMILES string of the molecule is OCCc1cc(-c2ccc(C(F)(F)F)cc2)ccc1Cl. The zero-order valence-electron chi connectivity index (χ0n) is 10.4. The number of rotatable bonds is 3. The van der Waals surface area contributed by atoms with E-state index in [1.165, 1.54) is 12.1 Å². The number of aliphatic hydroxyl groups is 1. The monoisotopic (exact) mass is 300 g/mol. The van der Waals surface area contributed by atoms with Crippen LogP contribution in [0.25, 0.3) is 11.1 Å². The van der Waals surface area contributed by atoms with E-state index in [4.69, 9.17) is 16.7 Å². The molecule has 0 amide bonds. The van der Waals surface area contributed by atoms with Crippen LogP contribution in [0.3, 0.4) is 0 Å². The Hall–Kier alpha value is -1.52. The number of aliphatic hydroxyl groups excluding tert-OH is 1. The quantitative estimate of drug-likeness (QED) is 0.881. The van der Waals surface area contributed by atoms with Crippen LogP contribution in [0.5, 0.6) is 0 Å². The minimum atomic E-state index is -4.33. The fourth-order valence-electron chi connectivity index (χ4n) is 1.92. The highest BCUT2D eigenvalue weighted by molar-refractivity contribution is 6.31. The van der Waals surface area contributed by atoms with Gasteiger partial charge >= 0.3 is 6.18 Å². The molecule has 1 N–H and O–H groups in total. The molecule has 0 aliphatic heterocycles. The fourth-order valence-corrected chi connectivity index (χ4v) is 2.13. The average molecular weight is 301 g/mol. The topological polar surface area (TPSA) is 20.2 Å². The van der Waals surface area contributed by atoms with Gasteiger partial charge in [0.1, 0.15) is 0 Å². The van der Waals surface area contributed by atoms with E-state index in [2.05, 4.69) is 0 Å². The van der Waals surface area contributed by atoms with E-state index in [0.29, 0.717) is 17.0 Å². The Labute approximate surface area is 119 Å². The van der Waals surface area contributed by atoms with Gasteiger partial charge in [0.05, 0.1) is 5.56 Å². The molecule has 2 aromatic rings. The van der Waals surface area contributed by atoms with Crippen molar-refractivity contribution in [2.24, 2.45) is 0 Å². The molecule has 0 saturated carbocycles. The van der Waals surface area contributed by atoms with E-state index in [1.807, 2.05) is 0 Å². The minimum absolute atomic E-state index is 0.0316. The van der Waals surface area contributed by atoms with Crippen molar-refractivity contribution >= 4 is 11.6 Å². The Morgan fingerprint density at radius 2 is 1.55 bits per heavy atom. The van der Waals surface area contributed by atoms with E-state index in [0.717, 1.165) is 23.3 Å². The van der Waals surface area contributed by atoms with Gasteiger partial charge in [0.15, 0.2) is 0 Å². The molecule has 0 spiro atoms. The predicted molar refractivity (Wildman–Crippen MR) is 72.7 cm³/mol. The van der Waals surface area contributed by atoms with Crippen LogP contribution in [-0.2, 0) is 12.6 Å². The second-order valence-electron chi connectivity index (χ2n) is 4.35. The summed E-state index contributed by atoms with van der Waals surface area (Å²) in [6.45, 7) is -0.0316. The first kappa shape index (κ1) is 14.9. The molecule has 0 heterocycles. The third-order valence-electron chi connectivity index (χ3n) is 2.97. The Kier molecular flexibility index (Phi) is 4.35. The van der Waals surface area contributed by atoms with Crippen LogP contribution in [0, 0.1) is 0 Å². The van der Waals surface area contributed by atoms with Gasteiger partial charge in [-0.2, -0.15) is 13.2 Å². The third-order valence-corrected chi connectivity index (χ3v) is 3.34. The smallest absolute Gasteiger partial charge is 0.396 e. The van der Waals surface area contributed by atoms with Crippen molar-refractivity contribution in [2.45, 2.75) is 12.6 Å². The lowest BCUT2D eigenvalue weighted by Gasteiger charge is -2.09. The Bertz CT molecular complexity index is 591. The maximum atomic E-state index is 12.5. The van der Waals surface area contributed by atoms with E-state index < -0.39 is 11.7 Å². The van der Waals surface area contributed by atoms with Crippen LogP contribution in [0.15, 0.2) is 42.5 Å². The molecule has 0 atom stereocenters. The number of halogens is 4. The summed E-state index contributed by atoms with van der Waals surface area (Å²) in [5, 5.41) is 9.48. The highest BCUT2D eigenvalue weighted by atomic mass is 35.5. The molecule has 20 heavy (non-hydrogen) atoms. The van der Waals surface area contributed by atoms with Crippen molar-refractivity contribution in [3.8, 4) is 11.1 Å². The van der Waals surface area contributed by atoms with Gasteiger partial charge in [-0.05, 0) is 47.4 Å². The van der Waals surface area contributed by atoms with Crippen molar-refractivity contribution in [2.75, 3.05) is 6.61 Å². The number of hydrogen-bond donors (Lipinski definition) is 1. The largest absolute Gasteiger partial charge is 0.416 e. The van der Waals surface area contributed by atoms with E-state index in [-0.39, 0.29) is 6.61 Å². The van der Waals surface area contributed by atoms with Crippen LogP contribution >= 0.6 is 11.6 Å². The molecule has 0 aliphatic carbocycles. The fraction of sp³-hybridized carbons (Fsp3) is 0.200. The summed E-state index contributed by atoms with van der Waals surface area (Å²) in [7, 11) is 0. The average Bonchev–Trinajstić information content (AvgIpc) is 2.41. The molecule has 2 aromatic carbocycles. The minimum Gasteiger partial charge on any atom is -0.396 e. The third kappa shape index (κ3) is 3.32. The molecule has 0 radical (unpaired) electrons. The molecule has 106 valence electrons. The molecule has 0 saturated heterocycles. The highest BCUT2D eigenvalue weighted by Gasteiger charge is 2.29. The van der Waals surface area contributed by atoms with Crippen molar-refractivity contribution in [3.63, 3.8) is 0 Å². The molecule has 0 unspecified atom stereocenters. The lowest BCUT2D eigenvalue weighted by atomic mass is 10.0. The summed E-state index contributed by atoms with van der Waals surface area (Å²) in [5.41, 5.74) is 1.54. The lowest BCUT2D eigenvalue weighted by molar-refractivity contribution is -0.137. The normalized spacial score (nSPS) is 11.7. The highest BCUT2D eigenvalue weighted by Crippen LogP contribution is 2.31. The van der Waals surface area contributed by atoms with E-state index >= 15 is 0 Å². The maximum absolute atomic E-state index is 12.5. The first-order valence-electron chi connectivity index (χ1n) is 5.99. The van der Waals surface area contributed by atoms with Gasteiger partial charge in [0.25, 0.3) is 0 Å². The molecule has 0 aromatic heterocycles. The zero-order valence-corrected chi connectivity index (χ0v) is 11.2. The second kappa shape index (κ2) is 5.85. The Morgan fingerprint density at radius 3 is 2.10 bits per heavy atom. The van der Waals surface area contributed by atoms with Crippen LogP contribution in [0.2, 0.25) is 5.02 Å². The van der Waals surface area contributed by atoms with Gasteiger partial charge in [-0.3, -0.25) is 0 Å².